The summed E-state index contributed by atoms with van der Waals surface area (Å²) in [7, 11) is 0. The molecule has 2 fully saturated rings. The number of hydrogen-bond donors (Lipinski definition) is 2. The van der Waals surface area contributed by atoms with Gasteiger partial charge < -0.3 is 15.3 Å². The van der Waals surface area contributed by atoms with Crippen molar-refractivity contribution in [2.75, 3.05) is 29.5 Å². The van der Waals surface area contributed by atoms with Crippen LogP contribution in [0, 0.1) is 5.41 Å². The minimum absolute atomic E-state index is 0.162. The Morgan fingerprint density at radius 1 is 1.19 bits per heavy atom. The van der Waals surface area contributed by atoms with Crippen LogP contribution in [0.3, 0.4) is 0 Å². The van der Waals surface area contributed by atoms with E-state index in [1.165, 1.54) is 35.6 Å². The van der Waals surface area contributed by atoms with Gasteiger partial charge in [0.15, 0.2) is 0 Å². The van der Waals surface area contributed by atoms with E-state index in [2.05, 4.69) is 42.0 Å². The Morgan fingerprint density at radius 3 is 2.65 bits per heavy atom. The number of nitrogens with zero attached hydrogens (tertiary/aromatic N) is 3. The largest absolute Gasteiger partial charge is 0.393 e. The average molecular weight is 377 g/mol. The van der Waals surface area contributed by atoms with E-state index in [-0.39, 0.29) is 11.5 Å². The Kier molecular flexibility index (Phi) is 5.44. The predicted molar refractivity (Wildman–Crippen MR) is 108 cm³/mol. The molecule has 2 aliphatic heterocycles. The molecule has 0 spiro atoms. The van der Waals surface area contributed by atoms with E-state index in [9.17, 15) is 5.11 Å². The van der Waals surface area contributed by atoms with Crippen LogP contribution in [0.5, 0.6) is 0 Å². The lowest BCUT2D eigenvalue weighted by atomic mass is 9.74. The quantitative estimate of drug-likeness (QED) is 0.846. The van der Waals surface area contributed by atoms with Gasteiger partial charge in [0, 0.05) is 36.9 Å². The van der Waals surface area contributed by atoms with Gasteiger partial charge in [0.25, 0.3) is 0 Å². The second-order valence-corrected chi connectivity index (χ2v) is 10.2. The maximum atomic E-state index is 9.75. The topological polar surface area (TPSA) is 61.3 Å². The first kappa shape index (κ1) is 18.5. The molecule has 0 amide bonds. The standard InChI is InChI=1S/C20H32N4OS/c1-20(2)11-17(22-14-5-9-26-10-6-14)16-13-21-19(23-18(16)12-20)24-7-3-15(25)4-8-24/h13-15,17,22,25H,3-12H2,1-2H3. The lowest BCUT2D eigenvalue weighted by molar-refractivity contribution is 0.145. The Morgan fingerprint density at radius 2 is 1.92 bits per heavy atom. The SMILES string of the molecule is CC1(C)Cc2nc(N3CCC(O)CC3)ncc2C(NC2CCSCC2)C1. The fourth-order valence-corrected chi connectivity index (χ4v) is 5.66. The summed E-state index contributed by atoms with van der Waals surface area (Å²) in [6.45, 7) is 6.43. The molecule has 26 heavy (non-hydrogen) atoms. The number of fused-ring (bicyclic) bond motifs is 1. The number of thioether (sulfide) groups is 1. The lowest BCUT2D eigenvalue weighted by Gasteiger charge is -2.39. The second kappa shape index (κ2) is 7.64. The summed E-state index contributed by atoms with van der Waals surface area (Å²) in [5.41, 5.74) is 2.79. The fourth-order valence-electron chi connectivity index (χ4n) is 4.55. The molecule has 1 unspecified atom stereocenters. The smallest absolute Gasteiger partial charge is 0.225 e. The summed E-state index contributed by atoms with van der Waals surface area (Å²) in [5, 5.41) is 13.7. The molecule has 1 aliphatic carbocycles. The van der Waals surface area contributed by atoms with Crippen LogP contribution in [0.1, 0.15) is 63.3 Å². The minimum atomic E-state index is -0.162. The first-order chi connectivity index (χ1) is 12.5. The highest BCUT2D eigenvalue weighted by atomic mass is 32.2. The van der Waals surface area contributed by atoms with Crippen molar-refractivity contribution in [3.05, 3.63) is 17.5 Å². The molecule has 5 nitrogen and oxygen atoms in total. The third-order valence-corrected chi connectivity index (χ3v) is 7.12. The van der Waals surface area contributed by atoms with Crippen molar-refractivity contribution in [3.63, 3.8) is 0 Å². The molecule has 4 rings (SSSR count). The summed E-state index contributed by atoms with van der Waals surface area (Å²) < 4.78 is 0. The van der Waals surface area contributed by atoms with E-state index >= 15 is 0 Å². The third-order valence-electron chi connectivity index (χ3n) is 6.07. The normalized spacial score (nSPS) is 27.3. The number of anilines is 1. The molecule has 1 aromatic rings. The molecule has 0 aromatic carbocycles. The minimum Gasteiger partial charge on any atom is -0.393 e. The van der Waals surface area contributed by atoms with Crippen LogP contribution in [0.25, 0.3) is 0 Å². The number of piperidine rings is 1. The van der Waals surface area contributed by atoms with E-state index in [1.54, 1.807) is 0 Å². The van der Waals surface area contributed by atoms with Crippen molar-refractivity contribution in [2.45, 2.75) is 70.6 Å². The molecule has 2 saturated heterocycles. The Balaban J connectivity index is 1.54. The maximum absolute atomic E-state index is 9.75. The van der Waals surface area contributed by atoms with Crippen LogP contribution in [0.4, 0.5) is 5.95 Å². The highest BCUT2D eigenvalue weighted by Gasteiger charge is 2.35. The van der Waals surface area contributed by atoms with Crippen molar-refractivity contribution >= 4 is 17.7 Å². The van der Waals surface area contributed by atoms with E-state index in [0.717, 1.165) is 44.7 Å². The number of aliphatic hydroxyl groups excluding tert-OH is 1. The first-order valence-electron chi connectivity index (χ1n) is 10.1. The van der Waals surface area contributed by atoms with E-state index in [0.29, 0.717) is 12.1 Å². The van der Waals surface area contributed by atoms with Gasteiger partial charge in [-0.1, -0.05) is 13.8 Å². The Hall–Kier alpha value is -0.850. The van der Waals surface area contributed by atoms with E-state index in [1.807, 2.05) is 0 Å². The zero-order chi connectivity index (χ0) is 18.1. The number of aromatic nitrogens is 2. The Bertz CT molecular complexity index is 624. The Labute approximate surface area is 161 Å². The molecule has 144 valence electrons. The summed E-state index contributed by atoms with van der Waals surface area (Å²) in [5.74, 6) is 3.40. The highest BCUT2D eigenvalue weighted by molar-refractivity contribution is 7.99. The summed E-state index contributed by atoms with van der Waals surface area (Å²) in [4.78, 5) is 11.9. The molecule has 2 N–H and O–H groups in total. The molecule has 1 aromatic heterocycles. The molecule has 0 bridgehead atoms. The van der Waals surface area contributed by atoms with Crippen molar-refractivity contribution in [2.24, 2.45) is 5.41 Å². The molecule has 1 atom stereocenters. The van der Waals surface area contributed by atoms with Crippen molar-refractivity contribution in [3.8, 4) is 0 Å². The molecule has 0 saturated carbocycles. The fraction of sp³-hybridized carbons (Fsp3) is 0.800. The average Bonchev–Trinajstić information content (AvgIpc) is 2.62. The summed E-state index contributed by atoms with van der Waals surface area (Å²) >= 11 is 2.08. The molecular formula is C20H32N4OS. The maximum Gasteiger partial charge on any atom is 0.225 e. The molecule has 0 radical (unpaired) electrons. The summed E-state index contributed by atoms with van der Waals surface area (Å²) in [6, 6.07) is 1.00. The van der Waals surface area contributed by atoms with Crippen LogP contribution in [0.15, 0.2) is 6.20 Å². The first-order valence-corrected chi connectivity index (χ1v) is 11.3. The lowest BCUT2D eigenvalue weighted by Crippen LogP contribution is -2.41. The van der Waals surface area contributed by atoms with Gasteiger partial charge in [-0.3, -0.25) is 0 Å². The molecule has 6 heteroatoms. The molecule has 3 aliphatic rings. The van der Waals surface area contributed by atoms with Gasteiger partial charge in [0.1, 0.15) is 0 Å². The van der Waals surface area contributed by atoms with E-state index < -0.39 is 0 Å². The zero-order valence-corrected chi connectivity index (χ0v) is 16.9. The highest BCUT2D eigenvalue weighted by Crippen LogP contribution is 2.41. The molecule has 3 heterocycles. The van der Waals surface area contributed by atoms with Crippen LogP contribution in [-0.4, -0.2) is 51.8 Å². The number of aliphatic hydroxyl groups is 1. The second-order valence-electron chi connectivity index (χ2n) is 8.94. The van der Waals surface area contributed by atoms with Crippen LogP contribution in [0.2, 0.25) is 0 Å². The third kappa shape index (κ3) is 4.18. The predicted octanol–water partition coefficient (Wildman–Crippen LogP) is 2.94. The van der Waals surface area contributed by atoms with E-state index in [4.69, 9.17) is 9.97 Å². The van der Waals surface area contributed by atoms with Gasteiger partial charge in [0.05, 0.1) is 11.8 Å². The monoisotopic (exact) mass is 376 g/mol. The van der Waals surface area contributed by atoms with Crippen LogP contribution in [-0.2, 0) is 6.42 Å². The van der Waals surface area contributed by atoms with Gasteiger partial charge in [-0.25, -0.2) is 9.97 Å². The van der Waals surface area contributed by atoms with Crippen LogP contribution < -0.4 is 10.2 Å². The zero-order valence-electron chi connectivity index (χ0n) is 16.1. The van der Waals surface area contributed by atoms with Crippen molar-refractivity contribution in [1.29, 1.82) is 0 Å². The van der Waals surface area contributed by atoms with Gasteiger partial charge in [0.2, 0.25) is 5.95 Å². The van der Waals surface area contributed by atoms with Crippen molar-refractivity contribution < 1.29 is 5.11 Å². The van der Waals surface area contributed by atoms with Gasteiger partial charge in [-0.2, -0.15) is 11.8 Å². The van der Waals surface area contributed by atoms with Crippen molar-refractivity contribution in [1.82, 2.24) is 15.3 Å². The molecular weight excluding hydrogens is 344 g/mol. The van der Waals surface area contributed by atoms with Gasteiger partial charge in [-0.15, -0.1) is 0 Å². The number of rotatable bonds is 3. The van der Waals surface area contributed by atoms with Crippen LogP contribution >= 0.6 is 11.8 Å². The summed E-state index contributed by atoms with van der Waals surface area (Å²) in [6.07, 6.45) is 8.26. The van der Waals surface area contributed by atoms with Gasteiger partial charge in [-0.05, 0) is 55.4 Å². The number of hydrogen-bond acceptors (Lipinski definition) is 6. The van der Waals surface area contributed by atoms with Gasteiger partial charge >= 0.3 is 0 Å². The number of nitrogens with one attached hydrogen (secondary N) is 1.